The van der Waals surface area contributed by atoms with Gasteiger partial charge in [-0.1, -0.05) is 43.5 Å². The number of aryl methyl sites for hydroxylation is 1. The van der Waals surface area contributed by atoms with E-state index in [-0.39, 0.29) is 11.9 Å². The maximum atomic E-state index is 12.6. The summed E-state index contributed by atoms with van der Waals surface area (Å²) in [5.41, 5.74) is 8.35. The Labute approximate surface area is 120 Å². The van der Waals surface area contributed by atoms with Gasteiger partial charge in [0.25, 0.3) is 0 Å². The van der Waals surface area contributed by atoms with Gasteiger partial charge in [0, 0.05) is 0 Å². The Balaban J connectivity index is 1.74. The van der Waals surface area contributed by atoms with Gasteiger partial charge < -0.3 is 11.1 Å². The summed E-state index contributed by atoms with van der Waals surface area (Å²) in [5, 5.41) is 3.22. The molecule has 0 spiro atoms. The zero-order chi connectivity index (χ0) is 14.0. The fourth-order valence-corrected chi connectivity index (χ4v) is 3.62. The number of hydrogen-bond acceptors (Lipinski definition) is 2. The van der Waals surface area contributed by atoms with E-state index in [1.807, 2.05) is 0 Å². The predicted molar refractivity (Wildman–Crippen MR) is 80.3 cm³/mol. The molecule has 0 aromatic heterocycles. The number of carbonyl (C=O) groups is 1. The quantitative estimate of drug-likeness (QED) is 0.870. The summed E-state index contributed by atoms with van der Waals surface area (Å²) in [7, 11) is 0. The zero-order valence-corrected chi connectivity index (χ0v) is 12.0. The maximum absolute atomic E-state index is 12.6. The fourth-order valence-electron chi connectivity index (χ4n) is 3.62. The molecule has 108 valence electrons. The lowest BCUT2D eigenvalue weighted by Gasteiger charge is -2.35. The van der Waals surface area contributed by atoms with Crippen molar-refractivity contribution < 1.29 is 4.79 Å². The number of carbonyl (C=O) groups excluding carboxylic acids is 1. The first-order valence-electron chi connectivity index (χ1n) is 7.87. The highest BCUT2D eigenvalue weighted by molar-refractivity contribution is 5.86. The molecule has 20 heavy (non-hydrogen) atoms. The number of nitrogens with one attached hydrogen (secondary N) is 1. The van der Waals surface area contributed by atoms with Gasteiger partial charge in [-0.2, -0.15) is 0 Å². The van der Waals surface area contributed by atoms with Gasteiger partial charge in [-0.3, -0.25) is 4.79 Å². The smallest absolute Gasteiger partial charge is 0.240 e. The highest BCUT2D eigenvalue weighted by Gasteiger charge is 2.36. The lowest BCUT2D eigenvalue weighted by atomic mass is 9.81. The monoisotopic (exact) mass is 272 g/mol. The molecule has 3 nitrogen and oxygen atoms in total. The van der Waals surface area contributed by atoms with E-state index < -0.39 is 5.54 Å². The number of fused-ring (bicyclic) bond motifs is 1. The first-order chi connectivity index (χ1) is 9.69. The third kappa shape index (κ3) is 2.59. The van der Waals surface area contributed by atoms with E-state index in [1.165, 1.54) is 17.5 Å². The molecule has 3 heteroatoms. The number of amides is 1. The second kappa shape index (κ2) is 5.57. The van der Waals surface area contributed by atoms with Crippen LogP contribution >= 0.6 is 0 Å². The minimum absolute atomic E-state index is 0.0545. The van der Waals surface area contributed by atoms with Gasteiger partial charge in [-0.25, -0.2) is 0 Å². The van der Waals surface area contributed by atoms with Gasteiger partial charge in [0.05, 0.1) is 11.6 Å². The molecule has 1 aromatic carbocycles. The normalized spacial score (nSPS) is 24.8. The number of nitrogens with two attached hydrogens (primary N) is 1. The molecule has 1 fully saturated rings. The van der Waals surface area contributed by atoms with E-state index in [4.69, 9.17) is 5.73 Å². The SMILES string of the molecule is NC1(C(=O)NC2CCCc3ccccc32)CCCCC1. The van der Waals surface area contributed by atoms with E-state index in [1.54, 1.807) is 0 Å². The van der Waals surface area contributed by atoms with Crippen LogP contribution in [-0.4, -0.2) is 11.4 Å². The molecule has 2 aliphatic rings. The van der Waals surface area contributed by atoms with Gasteiger partial charge in [0.15, 0.2) is 0 Å². The fraction of sp³-hybridized carbons (Fsp3) is 0.588. The maximum Gasteiger partial charge on any atom is 0.240 e. The Kier molecular flexibility index (Phi) is 3.79. The van der Waals surface area contributed by atoms with Crippen LogP contribution in [0.5, 0.6) is 0 Å². The first kappa shape index (κ1) is 13.6. The molecule has 1 atom stereocenters. The van der Waals surface area contributed by atoms with Crippen LogP contribution in [0.3, 0.4) is 0 Å². The number of hydrogen-bond donors (Lipinski definition) is 2. The third-order valence-corrected chi connectivity index (χ3v) is 4.87. The summed E-state index contributed by atoms with van der Waals surface area (Å²) in [4.78, 5) is 12.6. The number of benzene rings is 1. The van der Waals surface area contributed by atoms with E-state index in [2.05, 4.69) is 29.6 Å². The van der Waals surface area contributed by atoms with Crippen LogP contribution < -0.4 is 11.1 Å². The van der Waals surface area contributed by atoms with Crippen LogP contribution in [0, 0.1) is 0 Å². The van der Waals surface area contributed by atoms with E-state index in [0.29, 0.717) is 0 Å². The van der Waals surface area contributed by atoms with E-state index >= 15 is 0 Å². The summed E-state index contributed by atoms with van der Waals surface area (Å²) in [6.07, 6.45) is 8.30. The molecule has 1 aromatic rings. The van der Waals surface area contributed by atoms with Gasteiger partial charge >= 0.3 is 0 Å². The minimum atomic E-state index is -0.634. The highest BCUT2D eigenvalue weighted by Crippen LogP contribution is 2.31. The Hall–Kier alpha value is -1.35. The van der Waals surface area contributed by atoms with Crippen LogP contribution in [0.25, 0.3) is 0 Å². The van der Waals surface area contributed by atoms with Crippen molar-refractivity contribution in [1.82, 2.24) is 5.32 Å². The largest absolute Gasteiger partial charge is 0.348 e. The van der Waals surface area contributed by atoms with Crippen molar-refractivity contribution in [2.75, 3.05) is 0 Å². The van der Waals surface area contributed by atoms with Crippen LogP contribution in [0.2, 0.25) is 0 Å². The Bertz CT molecular complexity index is 492. The van der Waals surface area contributed by atoms with Crippen LogP contribution in [-0.2, 0) is 11.2 Å². The van der Waals surface area contributed by atoms with Crippen molar-refractivity contribution >= 4 is 5.91 Å². The molecule has 3 N–H and O–H groups in total. The number of rotatable bonds is 2. The van der Waals surface area contributed by atoms with Gasteiger partial charge in [-0.15, -0.1) is 0 Å². The molecule has 0 aliphatic heterocycles. The summed E-state index contributed by atoms with van der Waals surface area (Å²) in [5.74, 6) is 0.0545. The Morgan fingerprint density at radius 1 is 1.15 bits per heavy atom. The molecule has 1 saturated carbocycles. The molecular weight excluding hydrogens is 248 g/mol. The van der Waals surface area contributed by atoms with Crippen molar-refractivity contribution in [3.05, 3.63) is 35.4 Å². The molecule has 2 aliphatic carbocycles. The van der Waals surface area contributed by atoms with Crippen molar-refractivity contribution in [1.29, 1.82) is 0 Å². The van der Waals surface area contributed by atoms with Crippen molar-refractivity contribution in [2.24, 2.45) is 5.73 Å². The summed E-state index contributed by atoms with van der Waals surface area (Å²) >= 11 is 0. The lowest BCUT2D eigenvalue weighted by molar-refractivity contribution is -0.128. The highest BCUT2D eigenvalue weighted by atomic mass is 16.2. The second-order valence-corrected chi connectivity index (χ2v) is 6.33. The average Bonchev–Trinajstić information content (AvgIpc) is 2.48. The minimum Gasteiger partial charge on any atom is -0.348 e. The average molecular weight is 272 g/mol. The zero-order valence-electron chi connectivity index (χ0n) is 12.0. The van der Waals surface area contributed by atoms with Crippen molar-refractivity contribution in [2.45, 2.75) is 62.9 Å². The predicted octanol–water partition coefficient (Wildman–Crippen LogP) is 2.84. The molecule has 0 saturated heterocycles. The summed E-state index contributed by atoms with van der Waals surface area (Å²) < 4.78 is 0. The lowest BCUT2D eigenvalue weighted by Crippen LogP contribution is -2.55. The molecule has 0 heterocycles. The van der Waals surface area contributed by atoms with Gasteiger partial charge in [-0.05, 0) is 43.2 Å². The summed E-state index contributed by atoms with van der Waals surface area (Å²) in [6, 6.07) is 8.60. The Morgan fingerprint density at radius 3 is 2.70 bits per heavy atom. The van der Waals surface area contributed by atoms with Crippen molar-refractivity contribution in [3.8, 4) is 0 Å². The van der Waals surface area contributed by atoms with Gasteiger partial charge in [0.2, 0.25) is 5.91 Å². The summed E-state index contributed by atoms with van der Waals surface area (Å²) in [6.45, 7) is 0. The molecular formula is C17H24N2O. The standard InChI is InChI=1S/C17H24N2O/c18-17(11-4-1-5-12-17)16(20)19-15-10-6-8-13-7-2-3-9-14(13)15/h2-3,7,9,15H,1,4-6,8,10-12,18H2,(H,19,20). The van der Waals surface area contributed by atoms with Gasteiger partial charge in [0.1, 0.15) is 0 Å². The third-order valence-electron chi connectivity index (χ3n) is 4.87. The molecule has 0 bridgehead atoms. The molecule has 1 amide bonds. The van der Waals surface area contributed by atoms with E-state index in [0.717, 1.165) is 44.9 Å². The first-order valence-corrected chi connectivity index (χ1v) is 7.87. The molecule has 1 unspecified atom stereocenters. The Morgan fingerprint density at radius 2 is 1.90 bits per heavy atom. The second-order valence-electron chi connectivity index (χ2n) is 6.33. The molecule has 3 rings (SSSR count). The van der Waals surface area contributed by atoms with Crippen LogP contribution in [0.15, 0.2) is 24.3 Å². The van der Waals surface area contributed by atoms with Crippen molar-refractivity contribution in [3.63, 3.8) is 0 Å². The topological polar surface area (TPSA) is 55.1 Å². The molecule has 0 radical (unpaired) electrons. The van der Waals surface area contributed by atoms with E-state index in [9.17, 15) is 4.79 Å². The van der Waals surface area contributed by atoms with Crippen LogP contribution in [0.1, 0.15) is 62.1 Å². The van der Waals surface area contributed by atoms with Crippen LogP contribution in [0.4, 0.5) is 0 Å².